The fraction of sp³-hybridized carbons (Fsp3) is 0.562. The first-order valence-corrected chi connectivity index (χ1v) is 7.37. The lowest BCUT2D eigenvalue weighted by Gasteiger charge is -2.38. The van der Waals surface area contributed by atoms with Gasteiger partial charge in [-0.1, -0.05) is 6.92 Å². The van der Waals surface area contributed by atoms with Crippen molar-refractivity contribution in [3.8, 4) is 5.75 Å². The highest BCUT2D eigenvalue weighted by molar-refractivity contribution is 5.95. The van der Waals surface area contributed by atoms with Gasteiger partial charge in [0, 0.05) is 29.9 Å². The molecule has 1 aliphatic heterocycles. The average molecular weight is 276 g/mol. The summed E-state index contributed by atoms with van der Waals surface area (Å²) in [5, 5.41) is 0. The smallest absolute Gasteiger partial charge is 0.254 e. The molecule has 110 valence electrons. The average Bonchev–Trinajstić information content (AvgIpc) is 2.41. The maximum Gasteiger partial charge on any atom is 0.254 e. The van der Waals surface area contributed by atoms with Crippen molar-refractivity contribution < 1.29 is 9.53 Å². The number of piperidine rings is 1. The number of anilines is 1. The van der Waals surface area contributed by atoms with Crippen LogP contribution in [0.15, 0.2) is 18.2 Å². The fourth-order valence-corrected chi connectivity index (χ4v) is 2.78. The maximum absolute atomic E-state index is 12.7. The molecule has 1 heterocycles. The molecule has 4 heteroatoms. The monoisotopic (exact) mass is 276 g/mol. The van der Waals surface area contributed by atoms with E-state index in [2.05, 4.69) is 13.8 Å². The SMILES string of the molecule is CCOc1cc(N)cc(C(=O)N2CCCC(C)C2C)c1. The van der Waals surface area contributed by atoms with E-state index >= 15 is 0 Å². The normalized spacial score (nSPS) is 22.6. The predicted octanol–water partition coefficient (Wildman–Crippen LogP) is 2.93. The number of nitrogens with two attached hydrogens (primary N) is 1. The van der Waals surface area contributed by atoms with E-state index in [0.717, 1.165) is 13.0 Å². The summed E-state index contributed by atoms with van der Waals surface area (Å²) < 4.78 is 5.46. The molecule has 0 saturated carbocycles. The van der Waals surface area contributed by atoms with Gasteiger partial charge in [0.25, 0.3) is 5.91 Å². The summed E-state index contributed by atoms with van der Waals surface area (Å²) in [4.78, 5) is 14.6. The number of carbonyl (C=O) groups excluding carboxylic acids is 1. The second-order valence-corrected chi connectivity index (χ2v) is 5.58. The van der Waals surface area contributed by atoms with Crippen molar-refractivity contribution in [3.05, 3.63) is 23.8 Å². The Morgan fingerprint density at radius 2 is 2.15 bits per heavy atom. The van der Waals surface area contributed by atoms with Crippen LogP contribution in [0.3, 0.4) is 0 Å². The van der Waals surface area contributed by atoms with Crippen molar-refractivity contribution in [2.75, 3.05) is 18.9 Å². The lowest BCUT2D eigenvalue weighted by Crippen LogP contribution is -2.46. The van der Waals surface area contributed by atoms with Crippen LogP contribution in [-0.2, 0) is 0 Å². The Kier molecular flexibility index (Phi) is 4.53. The molecule has 2 atom stereocenters. The van der Waals surface area contributed by atoms with Crippen molar-refractivity contribution >= 4 is 11.6 Å². The third kappa shape index (κ3) is 3.06. The Bertz CT molecular complexity index is 487. The Morgan fingerprint density at radius 3 is 2.85 bits per heavy atom. The standard InChI is InChI=1S/C16H24N2O2/c1-4-20-15-9-13(8-14(17)10-15)16(19)18-7-5-6-11(2)12(18)3/h8-12H,4-7,17H2,1-3H3. The second kappa shape index (κ2) is 6.16. The van der Waals surface area contributed by atoms with Crippen LogP contribution in [-0.4, -0.2) is 30.0 Å². The van der Waals surface area contributed by atoms with E-state index in [0.29, 0.717) is 29.5 Å². The predicted molar refractivity (Wildman–Crippen MR) is 80.9 cm³/mol. The lowest BCUT2D eigenvalue weighted by molar-refractivity contribution is 0.0550. The number of hydrogen-bond acceptors (Lipinski definition) is 3. The number of nitrogens with zero attached hydrogens (tertiary/aromatic N) is 1. The van der Waals surface area contributed by atoms with E-state index in [1.54, 1.807) is 18.2 Å². The molecule has 2 unspecified atom stereocenters. The lowest BCUT2D eigenvalue weighted by atomic mass is 9.91. The molecule has 1 amide bonds. The van der Waals surface area contributed by atoms with Gasteiger partial charge < -0.3 is 15.4 Å². The quantitative estimate of drug-likeness (QED) is 0.864. The zero-order chi connectivity index (χ0) is 14.7. The number of rotatable bonds is 3. The van der Waals surface area contributed by atoms with Gasteiger partial charge in [0.1, 0.15) is 5.75 Å². The van der Waals surface area contributed by atoms with Crippen molar-refractivity contribution in [1.82, 2.24) is 4.90 Å². The summed E-state index contributed by atoms with van der Waals surface area (Å²) in [5.41, 5.74) is 7.05. The molecular formula is C16H24N2O2. The highest BCUT2D eigenvalue weighted by Crippen LogP contribution is 2.26. The molecule has 0 aromatic heterocycles. The van der Waals surface area contributed by atoms with Crippen molar-refractivity contribution in [3.63, 3.8) is 0 Å². The summed E-state index contributed by atoms with van der Waals surface area (Å²) >= 11 is 0. The minimum Gasteiger partial charge on any atom is -0.494 e. The van der Waals surface area contributed by atoms with Gasteiger partial charge >= 0.3 is 0 Å². The zero-order valence-corrected chi connectivity index (χ0v) is 12.6. The molecule has 0 aliphatic carbocycles. The number of ether oxygens (including phenoxy) is 1. The molecule has 1 aromatic rings. The minimum absolute atomic E-state index is 0.0531. The number of amides is 1. The van der Waals surface area contributed by atoms with Gasteiger partial charge in [0.15, 0.2) is 0 Å². The molecule has 0 bridgehead atoms. The molecule has 0 radical (unpaired) electrons. The van der Waals surface area contributed by atoms with Crippen LogP contribution >= 0.6 is 0 Å². The first-order chi connectivity index (χ1) is 9.52. The molecule has 4 nitrogen and oxygen atoms in total. The highest BCUT2D eigenvalue weighted by atomic mass is 16.5. The number of nitrogen functional groups attached to an aromatic ring is 1. The van der Waals surface area contributed by atoms with Crippen LogP contribution in [0.1, 0.15) is 44.0 Å². The molecular weight excluding hydrogens is 252 g/mol. The first kappa shape index (κ1) is 14.7. The van der Waals surface area contributed by atoms with Crippen molar-refractivity contribution in [1.29, 1.82) is 0 Å². The highest BCUT2D eigenvalue weighted by Gasteiger charge is 2.29. The van der Waals surface area contributed by atoms with E-state index in [9.17, 15) is 4.79 Å². The van der Waals surface area contributed by atoms with Gasteiger partial charge in [-0.25, -0.2) is 0 Å². The summed E-state index contributed by atoms with van der Waals surface area (Å²) in [5.74, 6) is 1.26. The Hall–Kier alpha value is -1.71. The maximum atomic E-state index is 12.7. The van der Waals surface area contributed by atoms with Crippen LogP contribution in [0, 0.1) is 5.92 Å². The van der Waals surface area contributed by atoms with Gasteiger partial charge in [-0.2, -0.15) is 0 Å². The van der Waals surface area contributed by atoms with Crippen molar-refractivity contribution in [2.24, 2.45) is 5.92 Å². The Labute approximate surface area is 120 Å². The molecule has 20 heavy (non-hydrogen) atoms. The van der Waals surface area contributed by atoms with E-state index in [4.69, 9.17) is 10.5 Å². The van der Waals surface area contributed by atoms with Gasteiger partial charge in [-0.15, -0.1) is 0 Å². The molecule has 2 N–H and O–H groups in total. The second-order valence-electron chi connectivity index (χ2n) is 5.58. The Morgan fingerprint density at radius 1 is 1.40 bits per heavy atom. The van der Waals surface area contributed by atoms with Crippen LogP contribution < -0.4 is 10.5 Å². The van der Waals surface area contributed by atoms with Crippen LogP contribution in [0.5, 0.6) is 5.75 Å². The number of likely N-dealkylation sites (tertiary alicyclic amines) is 1. The van der Waals surface area contributed by atoms with Gasteiger partial charge in [0.2, 0.25) is 0 Å². The van der Waals surface area contributed by atoms with E-state index < -0.39 is 0 Å². The van der Waals surface area contributed by atoms with E-state index in [1.165, 1.54) is 6.42 Å². The summed E-state index contributed by atoms with van der Waals surface area (Å²) in [6, 6.07) is 5.54. The van der Waals surface area contributed by atoms with Crippen LogP contribution in [0.25, 0.3) is 0 Å². The number of carbonyl (C=O) groups is 1. The third-order valence-corrected chi connectivity index (χ3v) is 4.12. The number of benzene rings is 1. The van der Waals surface area contributed by atoms with Gasteiger partial charge in [-0.05, 0) is 44.7 Å². The minimum atomic E-state index is 0.0531. The fourth-order valence-electron chi connectivity index (χ4n) is 2.78. The summed E-state index contributed by atoms with van der Waals surface area (Å²) in [7, 11) is 0. The van der Waals surface area contributed by atoms with Gasteiger partial charge in [0.05, 0.1) is 6.61 Å². The molecule has 1 aromatic carbocycles. The molecule has 2 rings (SSSR count). The zero-order valence-electron chi connectivity index (χ0n) is 12.6. The summed E-state index contributed by atoms with van der Waals surface area (Å²) in [6.07, 6.45) is 2.25. The van der Waals surface area contributed by atoms with E-state index in [1.807, 2.05) is 11.8 Å². The van der Waals surface area contributed by atoms with Crippen molar-refractivity contribution in [2.45, 2.75) is 39.7 Å². The summed E-state index contributed by atoms with van der Waals surface area (Å²) in [6.45, 7) is 7.63. The Balaban J connectivity index is 2.23. The van der Waals surface area contributed by atoms with E-state index in [-0.39, 0.29) is 11.9 Å². The number of hydrogen-bond donors (Lipinski definition) is 1. The largest absolute Gasteiger partial charge is 0.494 e. The molecule has 1 saturated heterocycles. The third-order valence-electron chi connectivity index (χ3n) is 4.12. The van der Waals surface area contributed by atoms with Crippen LogP contribution in [0.4, 0.5) is 5.69 Å². The first-order valence-electron chi connectivity index (χ1n) is 7.37. The molecule has 1 aliphatic rings. The topological polar surface area (TPSA) is 55.6 Å². The van der Waals surface area contributed by atoms with Gasteiger partial charge in [-0.3, -0.25) is 4.79 Å². The molecule has 1 fully saturated rings. The van der Waals surface area contributed by atoms with Crippen LogP contribution in [0.2, 0.25) is 0 Å². The molecule has 0 spiro atoms.